The lowest BCUT2D eigenvalue weighted by Crippen LogP contribution is -2.27. The van der Waals surface area contributed by atoms with Gasteiger partial charge in [0.2, 0.25) is 0 Å². The number of hydrogen-bond acceptors (Lipinski definition) is 0. The lowest BCUT2D eigenvalue weighted by Gasteiger charge is -2.10. The van der Waals surface area contributed by atoms with Gasteiger partial charge < -0.3 is 0 Å². The van der Waals surface area contributed by atoms with Gasteiger partial charge in [0.1, 0.15) is 6.67 Å². The molecule has 0 N–H and O–H groups in total. The Morgan fingerprint density at radius 2 is 1.80 bits per heavy atom. The molecule has 0 rings (SSSR count). The molecule has 0 heterocycles. The average Bonchev–Trinajstić information content (AvgIpc) is 2.00. The van der Waals surface area contributed by atoms with Crippen molar-refractivity contribution in [3.63, 3.8) is 0 Å². The fourth-order valence-corrected chi connectivity index (χ4v) is 0.415. The summed E-state index contributed by atoms with van der Waals surface area (Å²) < 4.78 is 47.4. The van der Waals surface area contributed by atoms with Crippen LogP contribution in [0.5, 0.6) is 0 Å². The van der Waals surface area contributed by atoms with E-state index < -0.39 is 25.2 Å². The van der Waals surface area contributed by atoms with E-state index in [2.05, 4.69) is 6.58 Å². The second kappa shape index (κ2) is 4.30. The van der Waals surface area contributed by atoms with E-state index in [0.717, 1.165) is 0 Å². The summed E-state index contributed by atoms with van der Waals surface area (Å²) in [7, 11) is 0. The number of hydrogen-bond donors (Lipinski definition) is 0. The lowest BCUT2D eigenvalue weighted by atomic mass is 10.2. The van der Waals surface area contributed by atoms with Gasteiger partial charge >= 0.3 is 0 Å². The maximum absolute atomic E-state index is 12.1. The molecule has 0 aliphatic rings. The van der Waals surface area contributed by atoms with E-state index in [0.29, 0.717) is 6.08 Å². The van der Waals surface area contributed by atoms with Crippen LogP contribution in [-0.4, -0.2) is 25.2 Å². The summed E-state index contributed by atoms with van der Waals surface area (Å²) >= 11 is 0. The molecule has 0 aromatic carbocycles. The molecule has 0 saturated heterocycles. The minimum atomic E-state index is -2.43. The van der Waals surface area contributed by atoms with Gasteiger partial charge in [-0.15, -0.1) is 6.58 Å². The van der Waals surface area contributed by atoms with Gasteiger partial charge in [0.05, 0.1) is 0 Å². The van der Waals surface area contributed by atoms with Gasteiger partial charge in [0.15, 0.2) is 18.5 Å². The Kier molecular flexibility index (Phi) is 4.07. The molecule has 0 aromatic rings. The van der Waals surface area contributed by atoms with Crippen molar-refractivity contribution in [2.75, 3.05) is 6.67 Å². The summed E-state index contributed by atoms with van der Waals surface area (Å²) in [4.78, 5) is 0. The van der Waals surface area contributed by atoms with Gasteiger partial charge in [-0.3, -0.25) is 0 Å². The second-order valence-electron chi connectivity index (χ2n) is 1.79. The zero-order valence-corrected chi connectivity index (χ0v) is 5.24. The SMILES string of the molecule is C=CC(F)C(F)C(F)CF. The fourth-order valence-electron chi connectivity index (χ4n) is 0.415. The van der Waals surface area contributed by atoms with Gasteiger partial charge in [-0.1, -0.05) is 6.08 Å². The minimum absolute atomic E-state index is 0.604. The maximum atomic E-state index is 12.1. The van der Waals surface area contributed by atoms with Crippen LogP contribution >= 0.6 is 0 Å². The van der Waals surface area contributed by atoms with Crippen LogP contribution in [-0.2, 0) is 0 Å². The number of alkyl halides is 4. The van der Waals surface area contributed by atoms with Gasteiger partial charge in [-0.2, -0.15) is 0 Å². The van der Waals surface area contributed by atoms with Gasteiger partial charge in [0, 0.05) is 0 Å². The van der Waals surface area contributed by atoms with Crippen molar-refractivity contribution < 1.29 is 17.6 Å². The molecule has 0 fully saturated rings. The van der Waals surface area contributed by atoms with Crippen LogP contribution in [0.25, 0.3) is 0 Å². The predicted molar refractivity (Wildman–Crippen MR) is 30.9 cm³/mol. The molecule has 0 nitrogen and oxygen atoms in total. The van der Waals surface area contributed by atoms with Crippen molar-refractivity contribution in [2.24, 2.45) is 0 Å². The minimum Gasteiger partial charge on any atom is -0.248 e. The second-order valence-corrected chi connectivity index (χ2v) is 1.79. The summed E-state index contributed by atoms with van der Waals surface area (Å²) in [5.41, 5.74) is 0. The van der Waals surface area contributed by atoms with E-state index in [1.54, 1.807) is 0 Å². The number of rotatable bonds is 4. The Hall–Kier alpha value is -0.540. The van der Waals surface area contributed by atoms with Crippen molar-refractivity contribution in [1.82, 2.24) is 0 Å². The normalized spacial score (nSPS) is 19.6. The third-order valence-corrected chi connectivity index (χ3v) is 1.02. The average molecular weight is 156 g/mol. The Morgan fingerprint density at radius 1 is 1.30 bits per heavy atom. The van der Waals surface area contributed by atoms with E-state index in [9.17, 15) is 17.6 Å². The quantitative estimate of drug-likeness (QED) is 0.432. The Morgan fingerprint density at radius 3 is 2.10 bits per heavy atom. The maximum Gasteiger partial charge on any atom is 0.168 e. The van der Waals surface area contributed by atoms with Gasteiger partial charge in [-0.05, 0) is 0 Å². The molecular weight excluding hydrogens is 148 g/mol. The Labute approximate surface area is 56.5 Å². The van der Waals surface area contributed by atoms with Crippen molar-refractivity contribution >= 4 is 0 Å². The zero-order chi connectivity index (χ0) is 8.15. The molecule has 4 heteroatoms. The first-order chi connectivity index (χ1) is 4.63. The first-order valence-electron chi connectivity index (χ1n) is 2.74. The molecule has 0 aliphatic heterocycles. The van der Waals surface area contributed by atoms with Crippen LogP contribution in [0, 0.1) is 0 Å². The van der Waals surface area contributed by atoms with Crippen molar-refractivity contribution in [1.29, 1.82) is 0 Å². The highest BCUT2D eigenvalue weighted by Gasteiger charge is 2.27. The third-order valence-electron chi connectivity index (χ3n) is 1.02. The summed E-state index contributed by atoms with van der Waals surface area (Å²) in [6.45, 7) is 1.39. The number of halogens is 4. The highest BCUT2D eigenvalue weighted by Crippen LogP contribution is 2.12. The molecule has 0 amide bonds. The molecule has 0 radical (unpaired) electrons. The molecule has 0 saturated carbocycles. The molecule has 0 aromatic heterocycles. The van der Waals surface area contributed by atoms with E-state index in [-0.39, 0.29) is 0 Å². The smallest absolute Gasteiger partial charge is 0.168 e. The van der Waals surface area contributed by atoms with Crippen LogP contribution in [0.2, 0.25) is 0 Å². The van der Waals surface area contributed by atoms with E-state index in [1.807, 2.05) is 0 Å². The summed E-state index contributed by atoms with van der Waals surface area (Å²) in [6.07, 6.45) is -6.33. The summed E-state index contributed by atoms with van der Waals surface area (Å²) in [5.74, 6) is 0. The highest BCUT2D eigenvalue weighted by atomic mass is 19.2. The molecule has 3 atom stereocenters. The number of allylic oxidation sites excluding steroid dienone is 1. The molecule has 0 bridgehead atoms. The van der Waals surface area contributed by atoms with Crippen LogP contribution in [0.15, 0.2) is 12.7 Å². The van der Waals surface area contributed by atoms with Crippen LogP contribution in [0.3, 0.4) is 0 Å². The van der Waals surface area contributed by atoms with Crippen molar-refractivity contribution in [2.45, 2.75) is 18.5 Å². The van der Waals surface area contributed by atoms with Gasteiger partial charge in [0.25, 0.3) is 0 Å². The van der Waals surface area contributed by atoms with Crippen molar-refractivity contribution in [3.05, 3.63) is 12.7 Å². The topological polar surface area (TPSA) is 0 Å². The first-order valence-corrected chi connectivity index (χ1v) is 2.74. The fraction of sp³-hybridized carbons (Fsp3) is 0.667. The standard InChI is InChI=1S/C6H8F4/c1-2-4(8)6(10)5(9)3-7/h2,4-6H,1,3H2. The van der Waals surface area contributed by atoms with Crippen LogP contribution in [0.1, 0.15) is 0 Å². The lowest BCUT2D eigenvalue weighted by molar-refractivity contribution is 0.0871. The third kappa shape index (κ3) is 2.37. The zero-order valence-electron chi connectivity index (χ0n) is 5.24. The predicted octanol–water partition coefficient (Wildman–Crippen LogP) is 2.16. The Bertz CT molecular complexity index is 104. The first kappa shape index (κ1) is 9.46. The molecule has 3 unspecified atom stereocenters. The summed E-state index contributed by atoms with van der Waals surface area (Å²) in [6, 6.07) is 0. The summed E-state index contributed by atoms with van der Waals surface area (Å²) in [5, 5.41) is 0. The molecule has 60 valence electrons. The molecular formula is C6H8F4. The molecule has 0 aliphatic carbocycles. The van der Waals surface area contributed by atoms with Gasteiger partial charge in [-0.25, -0.2) is 17.6 Å². The highest BCUT2D eigenvalue weighted by molar-refractivity contribution is 4.88. The monoisotopic (exact) mass is 156 g/mol. The van der Waals surface area contributed by atoms with E-state index in [1.165, 1.54) is 0 Å². The van der Waals surface area contributed by atoms with Crippen LogP contribution in [0.4, 0.5) is 17.6 Å². The Balaban J connectivity index is 3.80. The van der Waals surface area contributed by atoms with E-state index in [4.69, 9.17) is 0 Å². The van der Waals surface area contributed by atoms with Crippen molar-refractivity contribution in [3.8, 4) is 0 Å². The largest absolute Gasteiger partial charge is 0.248 e. The van der Waals surface area contributed by atoms with Crippen LogP contribution < -0.4 is 0 Å². The molecule has 0 spiro atoms. The van der Waals surface area contributed by atoms with E-state index >= 15 is 0 Å². The molecule has 10 heavy (non-hydrogen) atoms.